The Labute approximate surface area is 166 Å². The number of benzene rings is 1. The molecule has 3 aromatic rings. The van der Waals surface area contributed by atoms with Crippen molar-refractivity contribution in [1.82, 2.24) is 20.4 Å². The Morgan fingerprint density at radius 3 is 2.45 bits per heavy atom. The van der Waals surface area contributed by atoms with Gasteiger partial charge in [0.2, 0.25) is 11.8 Å². The number of pyridine rings is 1. The third kappa shape index (κ3) is 5.63. The lowest BCUT2D eigenvalue weighted by molar-refractivity contribution is 0.252. The molecule has 0 aliphatic rings. The molecule has 0 atom stereocenters. The summed E-state index contributed by atoms with van der Waals surface area (Å²) in [7, 11) is 2.94. The van der Waals surface area contributed by atoms with Gasteiger partial charge in [-0.15, -0.1) is 0 Å². The van der Waals surface area contributed by atoms with Gasteiger partial charge in [0.15, 0.2) is 5.75 Å². The highest BCUT2D eigenvalue weighted by Gasteiger charge is 2.10. The van der Waals surface area contributed by atoms with Gasteiger partial charge in [0.05, 0.1) is 26.5 Å². The molecule has 148 valence electrons. The maximum atomic E-state index is 11.9. The van der Waals surface area contributed by atoms with Crippen molar-refractivity contribution >= 4 is 17.9 Å². The Kier molecular flexibility index (Phi) is 6.50. The number of rotatable bonds is 7. The van der Waals surface area contributed by atoms with Gasteiger partial charge in [0.25, 0.3) is 0 Å². The van der Waals surface area contributed by atoms with Crippen LogP contribution in [0.5, 0.6) is 23.5 Å². The highest BCUT2D eigenvalue weighted by atomic mass is 16.5. The highest BCUT2D eigenvalue weighted by Crippen LogP contribution is 2.24. The fourth-order valence-corrected chi connectivity index (χ4v) is 2.16. The van der Waals surface area contributed by atoms with Crippen LogP contribution in [0.15, 0.2) is 59.8 Å². The van der Waals surface area contributed by atoms with Gasteiger partial charge in [-0.2, -0.15) is 15.1 Å². The second kappa shape index (κ2) is 9.65. The van der Waals surface area contributed by atoms with E-state index in [-0.39, 0.29) is 17.8 Å². The summed E-state index contributed by atoms with van der Waals surface area (Å²) in [6.45, 7) is 0. The second-order valence-electron chi connectivity index (χ2n) is 5.41. The number of carbonyl (C=O) groups is 1. The number of amides is 2. The fraction of sp³-hybridized carbons (Fsp3) is 0.105. The maximum Gasteiger partial charge on any atom is 0.339 e. The molecule has 0 radical (unpaired) electrons. The van der Waals surface area contributed by atoms with Crippen LogP contribution in [0.1, 0.15) is 5.69 Å². The zero-order chi connectivity index (χ0) is 20.5. The minimum Gasteiger partial charge on any atom is -0.481 e. The topological polar surface area (TPSA) is 120 Å². The van der Waals surface area contributed by atoms with Crippen molar-refractivity contribution < 1.29 is 19.0 Å². The largest absolute Gasteiger partial charge is 0.481 e. The van der Waals surface area contributed by atoms with Gasteiger partial charge in [0, 0.05) is 11.9 Å². The van der Waals surface area contributed by atoms with E-state index < -0.39 is 6.03 Å². The summed E-state index contributed by atoms with van der Waals surface area (Å²) in [5.41, 5.74) is 3.36. The van der Waals surface area contributed by atoms with E-state index in [9.17, 15) is 4.79 Å². The van der Waals surface area contributed by atoms with Crippen molar-refractivity contribution in [2.24, 2.45) is 5.10 Å². The van der Waals surface area contributed by atoms with Gasteiger partial charge in [-0.05, 0) is 24.3 Å². The van der Waals surface area contributed by atoms with Crippen LogP contribution >= 0.6 is 0 Å². The molecule has 2 amide bonds. The van der Waals surface area contributed by atoms with Crippen LogP contribution < -0.4 is 25.0 Å². The Morgan fingerprint density at radius 1 is 1.03 bits per heavy atom. The van der Waals surface area contributed by atoms with Crippen LogP contribution in [0.25, 0.3) is 0 Å². The van der Waals surface area contributed by atoms with Gasteiger partial charge in [-0.25, -0.2) is 10.2 Å². The summed E-state index contributed by atoms with van der Waals surface area (Å²) in [5, 5.41) is 6.53. The number of para-hydroxylation sites is 1. The molecule has 0 spiro atoms. The molecule has 0 saturated carbocycles. The summed E-state index contributed by atoms with van der Waals surface area (Å²) in [5.74, 6) is 0.896. The quantitative estimate of drug-likeness (QED) is 0.467. The summed E-state index contributed by atoms with van der Waals surface area (Å²) in [6, 6.07) is 13.4. The van der Waals surface area contributed by atoms with Gasteiger partial charge < -0.3 is 19.5 Å². The summed E-state index contributed by atoms with van der Waals surface area (Å²) >= 11 is 0. The molecule has 0 aliphatic heterocycles. The van der Waals surface area contributed by atoms with Crippen molar-refractivity contribution in [3.63, 3.8) is 0 Å². The number of nitrogens with one attached hydrogen (secondary N) is 2. The summed E-state index contributed by atoms with van der Waals surface area (Å²) < 4.78 is 15.9. The number of urea groups is 1. The molecule has 0 fully saturated rings. The third-order valence-electron chi connectivity index (χ3n) is 3.46. The fourth-order valence-electron chi connectivity index (χ4n) is 2.16. The van der Waals surface area contributed by atoms with Gasteiger partial charge >= 0.3 is 12.0 Å². The van der Waals surface area contributed by atoms with E-state index >= 15 is 0 Å². The number of anilines is 1. The van der Waals surface area contributed by atoms with E-state index in [2.05, 4.69) is 30.8 Å². The number of nitrogens with zero attached hydrogens (tertiary/aromatic N) is 4. The first-order chi connectivity index (χ1) is 14.2. The minimum absolute atomic E-state index is 0.0126. The van der Waals surface area contributed by atoms with Crippen molar-refractivity contribution in [2.45, 2.75) is 0 Å². The molecule has 29 heavy (non-hydrogen) atoms. The Balaban J connectivity index is 1.69. The van der Waals surface area contributed by atoms with Gasteiger partial charge in [-0.1, -0.05) is 18.2 Å². The standard InChI is InChI=1S/C19H18N6O4/c1-27-16-11-17(28-2)24-19(23-16)29-15-9-6-10-20-14(15)12-21-25-18(26)22-13-7-4-3-5-8-13/h3-12H,1-2H3,(H2,22,25,26). The molecule has 0 saturated heterocycles. The molecule has 10 heteroatoms. The van der Waals surface area contributed by atoms with E-state index in [0.29, 0.717) is 17.1 Å². The number of methoxy groups -OCH3 is 2. The molecule has 0 unspecified atom stereocenters. The Hall–Kier alpha value is -4.21. The lowest BCUT2D eigenvalue weighted by Crippen LogP contribution is -2.24. The van der Waals surface area contributed by atoms with E-state index in [1.54, 1.807) is 30.5 Å². The predicted octanol–water partition coefficient (Wildman–Crippen LogP) is 2.84. The van der Waals surface area contributed by atoms with Crippen LogP contribution in [0.4, 0.5) is 10.5 Å². The molecule has 1 aromatic carbocycles. The third-order valence-corrected chi connectivity index (χ3v) is 3.46. The smallest absolute Gasteiger partial charge is 0.339 e. The van der Waals surface area contributed by atoms with Crippen LogP contribution in [-0.4, -0.2) is 41.4 Å². The Morgan fingerprint density at radius 2 is 1.76 bits per heavy atom. The molecule has 0 bridgehead atoms. The highest BCUT2D eigenvalue weighted by molar-refractivity contribution is 5.90. The lowest BCUT2D eigenvalue weighted by atomic mass is 10.3. The Bertz CT molecular complexity index is 975. The van der Waals surface area contributed by atoms with E-state index in [1.807, 2.05) is 18.2 Å². The summed E-state index contributed by atoms with van der Waals surface area (Å²) in [4.78, 5) is 24.3. The van der Waals surface area contributed by atoms with E-state index in [1.165, 1.54) is 26.5 Å². The predicted molar refractivity (Wildman–Crippen MR) is 106 cm³/mol. The SMILES string of the molecule is COc1cc(OC)nc(Oc2cccnc2C=NNC(=O)Nc2ccccc2)n1. The maximum absolute atomic E-state index is 11.9. The van der Waals surface area contributed by atoms with E-state index in [0.717, 1.165) is 0 Å². The number of hydrogen-bond acceptors (Lipinski definition) is 8. The van der Waals surface area contributed by atoms with Crippen molar-refractivity contribution in [3.05, 3.63) is 60.4 Å². The monoisotopic (exact) mass is 394 g/mol. The number of ether oxygens (including phenoxy) is 3. The molecule has 3 rings (SSSR count). The van der Waals surface area contributed by atoms with E-state index in [4.69, 9.17) is 14.2 Å². The normalized spacial score (nSPS) is 10.4. The van der Waals surface area contributed by atoms with Crippen LogP contribution in [0.3, 0.4) is 0 Å². The zero-order valence-electron chi connectivity index (χ0n) is 15.7. The summed E-state index contributed by atoms with van der Waals surface area (Å²) in [6.07, 6.45) is 2.91. The van der Waals surface area contributed by atoms with Crippen LogP contribution in [0.2, 0.25) is 0 Å². The molecule has 2 heterocycles. The van der Waals surface area contributed by atoms with Crippen molar-refractivity contribution in [2.75, 3.05) is 19.5 Å². The van der Waals surface area contributed by atoms with Crippen LogP contribution in [0, 0.1) is 0 Å². The molecule has 2 aromatic heterocycles. The average molecular weight is 394 g/mol. The minimum atomic E-state index is -0.494. The lowest BCUT2D eigenvalue weighted by Gasteiger charge is -2.08. The molecule has 2 N–H and O–H groups in total. The number of hydrogen-bond donors (Lipinski definition) is 2. The molecular weight excluding hydrogens is 376 g/mol. The van der Waals surface area contributed by atoms with Gasteiger partial charge in [0.1, 0.15) is 5.69 Å². The van der Waals surface area contributed by atoms with Crippen LogP contribution in [-0.2, 0) is 0 Å². The molecule has 10 nitrogen and oxygen atoms in total. The van der Waals surface area contributed by atoms with Crippen molar-refractivity contribution in [1.29, 1.82) is 0 Å². The number of carbonyl (C=O) groups excluding carboxylic acids is 1. The number of aromatic nitrogens is 3. The molecular formula is C19H18N6O4. The van der Waals surface area contributed by atoms with Crippen molar-refractivity contribution in [3.8, 4) is 23.5 Å². The van der Waals surface area contributed by atoms with Gasteiger partial charge in [-0.3, -0.25) is 4.98 Å². The average Bonchev–Trinajstić information content (AvgIpc) is 2.75. The zero-order valence-corrected chi connectivity index (χ0v) is 15.7. The first-order valence-corrected chi connectivity index (χ1v) is 8.43. The second-order valence-corrected chi connectivity index (χ2v) is 5.41. The first-order valence-electron chi connectivity index (χ1n) is 8.43. The molecule has 0 aliphatic carbocycles. The first kappa shape index (κ1) is 19.5. The number of hydrazone groups is 1.